The quantitative estimate of drug-likeness (QED) is 0.817. The Labute approximate surface area is 134 Å². The summed E-state index contributed by atoms with van der Waals surface area (Å²) >= 11 is 0. The Morgan fingerprint density at radius 3 is 2.68 bits per heavy atom. The van der Waals surface area contributed by atoms with Crippen LogP contribution < -0.4 is 5.32 Å². The normalized spacial score (nSPS) is 26.1. The lowest BCUT2D eigenvalue weighted by Crippen LogP contribution is -2.52. The molecule has 0 aromatic rings. The van der Waals surface area contributed by atoms with Gasteiger partial charge in [-0.15, -0.1) is 0 Å². The van der Waals surface area contributed by atoms with E-state index in [1.165, 1.54) is 0 Å². The summed E-state index contributed by atoms with van der Waals surface area (Å²) in [4.78, 5) is 12.3. The summed E-state index contributed by atoms with van der Waals surface area (Å²) < 4.78 is 17.1. The monoisotopic (exact) mass is 313 g/mol. The Morgan fingerprint density at radius 1 is 1.27 bits per heavy atom. The van der Waals surface area contributed by atoms with E-state index in [9.17, 15) is 4.79 Å². The van der Waals surface area contributed by atoms with E-state index in [1.54, 1.807) is 0 Å². The van der Waals surface area contributed by atoms with Gasteiger partial charge in [0.15, 0.2) is 0 Å². The predicted octanol–water partition coefficient (Wildman–Crippen LogP) is 2.28. The van der Waals surface area contributed by atoms with Crippen molar-refractivity contribution in [1.29, 1.82) is 0 Å². The number of hydrogen-bond acceptors (Lipinski definition) is 4. The standard InChI is InChI=1S/C17H31NO4/c1-13(2)4-8-21-14(3)16(19)18-15-5-9-22-17(12-15)6-10-20-11-7-17/h13-15H,4-12H2,1-3H3,(H,18,19)/t14-,15-/m0/s1. The number of carbonyl (C=O) groups excluding carboxylic acids is 1. The van der Waals surface area contributed by atoms with Crippen molar-refractivity contribution in [2.75, 3.05) is 26.4 Å². The maximum absolute atomic E-state index is 12.3. The van der Waals surface area contributed by atoms with Crippen molar-refractivity contribution in [1.82, 2.24) is 5.32 Å². The van der Waals surface area contributed by atoms with Crippen LogP contribution in [0.5, 0.6) is 0 Å². The molecule has 128 valence electrons. The molecule has 1 N–H and O–H groups in total. The van der Waals surface area contributed by atoms with Gasteiger partial charge in [-0.3, -0.25) is 4.79 Å². The fourth-order valence-electron chi connectivity index (χ4n) is 3.12. The fraction of sp³-hybridized carbons (Fsp3) is 0.941. The Hall–Kier alpha value is -0.650. The van der Waals surface area contributed by atoms with Crippen LogP contribution in [-0.4, -0.2) is 50.1 Å². The van der Waals surface area contributed by atoms with Gasteiger partial charge in [0, 0.05) is 32.5 Å². The number of carbonyl (C=O) groups is 1. The molecule has 0 unspecified atom stereocenters. The minimum atomic E-state index is -0.382. The van der Waals surface area contributed by atoms with Crippen LogP contribution in [0.4, 0.5) is 0 Å². The SMILES string of the molecule is CC(C)CCO[C@@H](C)C(=O)N[C@H]1CCOC2(CCOCC2)C1. The molecule has 2 heterocycles. The fourth-order valence-corrected chi connectivity index (χ4v) is 3.12. The van der Waals surface area contributed by atoms with Gasteiger partial charge in [-0.05, 0) is 44.9 Å². The molecule has 1 amide bonds. The third-order valence-corrected chi connectivity index (χ3v) is 4.68. The molecule has 5 nitrogen and oxygen atoms in total. The lowest BCUT2D eigenvalue weighted by molar-refractivity contribution is -0.147. The van der Waals surface area contributed by atoms with Gasteiger partial charge < -0.3 is 19.5 Å². The lowest BCUT2D eigenvalue weighted by atomic mass is 9.84. The van der Waals surface area contributed by atoms with E-state index in [4.69, 9.17) is 14.2 Å². The lowest BCUT2D eigenvalue weighted by Gasteiger charge is -2.43. The Balaban J connectivity index is 1.75. The van der Waals surface area contributed by atoms with Crippen LogP contribution in [0.3, 0.4) is 0 Å². The summed E-state index contributed by atoms with van der Waals surface area (Å²) in [7, 11) is 0. The average Bonchev–Trinajstić information content (AvgIpc) is 2.47. The molecule has 0 aromatic carbocycles. The number of rotatable bonds is 6. The van der Waals surface area contributed by atoms with Gasteiger partial charge in [0.2, 0.25) is 5.91 Å². The van der Waals surface area contributed by atoms with Crippen molar-refractivity contribution in [3.05, 3.63) is 0 Å². The van der Waals surface area contributed by atoms with E-state index in [0.717, 1.165) is 45.3 Å². The molecular weight excluding hydrogens is 282 g/mol. The summed E-state index contributed by atoms with van der Waals surface area (Å²) in [6, 6.07) is 0.190. The highest BCUT2D eigenvalue weighted by atomic mass is 16.5. The van der Waals surface area contributed by atoms with Gasteiger partial charge in [0.05, 0.1) is 5.60 Å². The van der Waals surface area contributed by atoms with E-state index in [-0.39, 0.29) is 23.7 Å². The number of hydrogen-bond donors (Lipinski definition) is 1. The van der Waals surface area contributed by atoms with Crippen molar-refractivity contribution in [2.24, 2.45) is 5.92 Å². The summed E-state index contributed by atoms with van der Waals surface area (Å²) in [6.07, 6.45) is 4.23. The molecule has 0 radical (unpaired) electrons. The molecule has 2 rings (SSSR count). The van der Waals surface area contributed by atoms with E-state index < -0.39 is 0 Å². The molecule has 2 aliphatic heterocycles. The molecule has 2 atom stereocenters. The number of ether oxygens (including phenoxy) is 3. The van der Waals surface area contributed by atoms with Gasteiger partial charge in [0.1, 0.15) is 6.10 Å². The second-order valence-corrected chi connectivity index (χ2v) is 7.04. The van der Waals surface area contributed by atoms with Crippen LogP contribution in [0.15, 0.2) is 0 Å². The van der Waals surface area contributed by atoms with Crippen LogP contribution in [-0.2, 0) is 19.0 Å². The van der Waals surface area contributed by atoms with Gasteiger partial charge in [-0.2, -0.15) is 0 Å². The minimum absolute atomic E-state index is 0.00198. The Bertz CT molecular complexity index is 347. The van der Waals surface area contributed by atoms with Crippen molar-refractivity contribution in [3.8, 4) is 0 Å². The second kappa shape index (κ2) is 8.27. The highest BCUT2D eigenvalue weighted by Crippen LogP contribution is 2.34. The average molecular weight is 313 g/mol. The molecule has 22 heavy (non-hydrogen) atoms. The molecule has 2 fully saturated rings. The summed E-state index contributed by atoms with van der Waals surface area (Å²) in [5.41, 5.74) is -0.0871. The molecule has 5 heteroatoms. The molecule has 0 saturated carbocycles. The van der Waals surface area contributed by atoms with E-state index in [2.05, 4.69) is 19.2 Å². The molecule has 2 aliphatic rings. The van der Waals surface area contributed by atoms with Crippen molar-refractivity contribution in [3.63, 3.8) is 0 Å². The Morgan fingerprint density at radius 2 is 2.00 bits per heavy atom. The smallest absolute Gasteiger partial charge is 0.249 e. The predicted molar refractivity (Wildman–Crippen MR) is 84.8 cm³/mol. The number of nitrogens with one attached hydrogen (secondary N) is 1. The van der Waals surface area contributed by atoms with Crippen molar-refractivity contribution >= 4 is 5.91 Å². The third kappa shape index (κ3) is 5.21. The molecule has 0 aromatic heterocycles. The zero-order chi connectivity index (χ0) is 16.0. The minimum Gasteiger partial charge on any atom is -0.381 e. The summed E-state index contributed by atoms with van der Waals surface area (Å²) in [5.74, 6) is 0.594. The van der Waals surface area contributed by atoms with Crippen molar-refractivity contribution < 1.29 is 19.0 Å². The number of amides is 1. The van der Waals surface area contributed by atoms with Crippen LogP contribution in [0.2, 0.25) is 0 Å². The van der Waals surface area contributed by atoms with Gasteiger partial charge in [0.25, 0.3) is 0 Å². The van der Waals surface area contributed by atoms with Crippen molar-refractivity contribution in [2.45, 2.75) is 70.6 Å². The first-order valence-electron chi connectivity index (χ1n) is 8.64. The first-order chi connectivity index (χ1) is 10.5. The van der Waals surface area contributed by atoms with Gasteiger partial charge >= 0.3 is 0 Å². The maximum Gasteiger partial charge on any atom is 0.249 e. The summed E-state index contributed by atoms with van der Waals surface area (Å²) in [5, 5.41) is 3.14. The second-order valence-electron chi connectivity index (χ2n) is 7.04. The first kappa shape index (κ1) is 17.7. The van der Waals surface area contributed by atoms with Gasteiger partial charge in [-0.1, -0.05) is 13.8 Å². The van der Waals surface area contributed by atoms with Crippen LogP contribution in [0.1, 0.15) is 52.9 Å². The van der Waals surface area contributed by atoms with Crippen LogP contribution >= 0.6 is 0 Å². The highest BCUT2D eigenvalue weighted by Gasteiger charge is 2.39. The highest BCUT2D eigenvalue weighted by molar-refractivity contribution is 5.80. The molecule has 2 saturated heterocycles. The molecule has 1 spiro atoms. The topological polar surface area (TPSA) is 56.8 Å². The zero-order valence-corrected chi connectivity index (χ0v) is 14.2. The van der Waals surface area contributed by atoms with E-state index >= 15 is 0 Å². The van der Waals surface area contributed by atoms with E-state index in [1.807, 2.05) is 6.92 Å². The van der Waals surface area contributed by atoms with Crippen LogP contribution in [0.25, 0.3) is 0 Å². The van der Waals surface area contributed by atoms with E-state index in [0.29, 0.717) is 19.1 Å². The zero-order valence-electron chi connectivity index (χ0n) is 14.2. The largest absolute Gasteiger partial charge is 0.381 e. The third-order valence-electron chi connectivity index (χ3n) is 4.68. The molecular formula is C17H31NO4. The summed E-state index contributed by atoms with van der Waals surface area (Å²) in [6.45, 7) is 9.02. The Kier molecular flexibility index (Phi) is 6.66. The first-order valence-corrected chi connectivity index (χ1v) is 8.64. The molecule has 0 bridgehead atoms. The van der Waals surface area contributed by atoms with Gasteiger partial charge in [-0.25, -0.2) is 0 Å². The maximum atomic E-state index is 12.3. The molecule has 0 aliphatic carbocycles. The van der Waals surface area contributed by atoms with Crippen LogP contribution in [0, 0.1) is 5.92 Å².